The number of carbonyl (C=O) groups is 1. The number of hydrogen-bond acceptors (Lipinski definition) is 5. The monoisotopic (exact) mass is 345 g/mol. The minimum absolute atomic E-state index is 0.0172. The zero-order valence-corrected chi connectivity index (χ0v) is 14.9. The van der Waals surface area contributed by atoms with Crippen LogP contribution in [0.25, 0.3) is 11.0 Å². The average Bonchev–Trinajstić information content (AvgIpc) is 3.06. The lowest BCUT2D eigenvalue weighted by Gasteiger charge is -2.37. The third-order valence-electron chi connectivity index (χ3n) is 4.98. The van der Waals surface area contributed by atoms with Gasteiger partial charge < -0.3 is 14.8 Å². The van der Waals surface area contributed by atoms with Crippen molar-refractivity contribution in [1.29, 1.82) is 0 Å². The van der Waals surface area contributed by atoms with Crippen molar-refractivity contribution in [2.75, 3.05) is 39.3 Å². The van der Waals surface area contributed by atoms with E-state index in [-0.39, 0.29) is 24.6 Å². The van der Waals surface area contributed by atoms with Gasteiger partial charge in [0.1, 0.15) is 11.3 Å². The molecular formula is C19H27N3O3. The SMILES string of the molecule is C[C@H](C(=O)N[C@H](C)c1cc2ccccc2o1)N1CCN(CCO)CC1. The number of fused-ring (bicyclic) bond motifs is 1. The number of nitrogens with zero attached hydrogens (tertiary/aromatic N) is 2. The number of furan rings is 1. The number of carbonyl (C=O) groups excluding carboxylic acids is 1. The molecule has 1 aromatic heterocycles. The van der Waals surface area contributed by atoms with Crippen molar-refractivity contribution in [3.8, 4) is 0 Å². The molecule has 3 rings (SSSR count). The fourth-order valence-electron chi connectivity index (χ4n) is 3.30. The average molecular weight is 345 g/mol. The molecule has 2 N–H and O–H groups in total. The number of nitrogens with one attached hydrogen (secondary N) is 1. The summed E-state index contributed by atoms with van der Waals surface area (Å²) in [7, 11) is 0. The molecule has 1 aliphatic rings. The summed E-state index contributed by atoms with van der Waals surface area (Å²) in [6, 6.07) is 9.49. The molecule has 6 heteroatoms. The van der Waals surface area contributed by atoms with Crippen LogP contribution in [0.1, 0.15) is 25.6 Å². The Labute approximate surface area is 148 Å². The van der Waals surface area contributed by atoms with Gasteiger partial charge in [-0.1, -0.05) is 18.2 Å². The van der Waals surface area contributed by atoms with Gasteiger partial charge in [-0.15, -0.1) is 0 Å². The van der Waals surface area contributed by atoms with Crippen molar-refractivity contribution in [2.45, 2.75) is 25.9 Å². The van der Waals surface area contributed by atoms with Gasteiger partial charge >= 0.3 is 0 Å². The van der Waals surface area contributed by atoms with Crippen LogP contribution in [-0.2, 0) is 4.79 Å². The van der Waals surface area contributed by atoms with Crippen molar-refractivity contribution < 1.29 is 14.3 Å². The molecule has 1 amide bonds. The molecule has 136 valence electrons. The van der Waals surface area contributed by atoms with Gasteiger partial charge in [-0.05, 0) is 26.0 Å². The topological polar surface area (TPSA) is 69.0 Å². The molecule has 0 unspecified atom stereocenters. The molecule has 25 heavy (non-hydrogen) atoms. The quantitative estimate of drug-likeness (QED) is 0.832. The van der Waals surface area contributed by atoms with E-state index in [0.717, 1.165) is 42.9 Å². The highest BCUT2D eigenvalue weighted by Crippen LogP contribution is 2.23. The molecular weight excluding hydrogens is 318 g/mol. The van der Waals surface area contributed by atoms with Crippen LogP contribution in [0.3, 0.4) is 0 Å². The van der Waals surface area contributed by atoms with Crippen LogP contribution >= 0.6 is 0 Å². The Morgan fingerprint density at radius 3 is 2.64 bits per heavy atom. The van der Waals surface area contributed by atoms with Crippen molar-refractivity contribution in [2.24, 2.45) is 0 Å². The molecule has 0 bridgehead atoms. The summed E-state index contributed by atoms with van der Waals surface area (Å²) in [5, 5.41) is 13.1. The molecule has 2 heterocycles. The van der Waals surface area contributed by atoms with Crippen LogP contribution in [0, 0.1) is 0 Å². The summed E-state index contributed by atoms with van der Waals surface area (Å²) in [4.78, 5) is 17.0. The summed E-state index contributed by atoms with van der Waals surface area (Å²) in [6.07, 6.45) is 0. The zero-order valence-electron chi connectivity index (χ0n) is 14.9. The lowest BCUT2D eigenvalue weighted by molar-refractivity contribution is -0.127. The highest BCUT2D eigenvalue weighted by molar-refractivity contribution is 5.82. The molecule has 0 saturated carbocycles. The largest absolute Gasteiger partial charge is 0.459 e. The molecule has 1 saturated heterocycles. The van der Waals surface area contributed by atoms with Gasteiger partial charge in [-0.2, -0.15) is 0 Å². The van der Waals surface area contributed by atoms with E-state index >= 15 is 0 Å². The molecule has 0 aliphatic carbocycles. The van der Waals surface area contributed by atoms with Gasteiger partial charge in [-0.3, -0.25) is 14.6 Å². The molecule has 1 fully saturated rings. The van der Waals surface area contributed by atoms with Crippen LogP contribution in [-0.4, -0.2) is 66.2 Å². The lowest BCUT2D eigenvalue weighted by Crippen LogP contribution is -2.54. The minimum atomic E-state index is -0.178. The van der Waals surface area contributed by atoms with E-state index in [1.165, 1.54) is 0 Å². The van der Waals surface area contributed by atoms with Gasteiger partial charge in [0, 0.05) is 38.1 Å². The number of β-amino-alcohol motifs (C(OH)–C–C–N with tert-alkyl or cyclic N) is 1. The Morgan fingerprint density at radius 2 is 1.96 bits per heavy atom. The van der Waals surface area contributed by atoms with Crippen molar-refractivity contribution in [1.82, 2.24) is 15.1 Å². The van der Waals surface area contributed by atoms with Crippen molar-refractivity contribution >= 4 is 16.9 Å². The van der Waals surface area contributed by atoms with Crippen LogP contribution in [0.2, 0.25) is 0 Å². The Balaban J connectivity index is 1.56. The standard InChI is InChI=1S/C19H27N3O3/c1-14(18-13-16-5-3-4-6-17(16)25-18)20-19(24)15(2)22-9-7-21(8-10-22)11-12-23/h3-6,13-15,23H,7-12H2,1-2H3,(H,20,24)/t14-,15-/m1/s1. The first-order valence-electron chi connectivity index (χ1n) is 8.94. The number of piperazine rings is 1. The fourth-order valence-corrected chi connectivity index (χ4v) is 3.30. The van der Waals surface area contributed by atoms with Crippen molar-refractivity contribution in [3.05, 3.63) is 36.1 Å². The second-order valence-electron chi connectivity index (χ2n) is 6.69. The highest BCUT2D eigenvalue weighted by atomic mass is 16.3. The summed E-state index contributed by atoms with van der Waals surface area (Å²) in [6.45, 7) is 8.24. The predicted octanol–water partition coefficient (Wildman–Crippen LogP) is 1.61. The number of aliphatic hydroxyl groups is 1. The first-order valence-corrected chi connectivity index (χ1v) is 8.94. The van der Waals surface area contributed by atoms with Gasteiger partial charge in [0.25, 0.3) is 0 Å². The number of hydrogen-bond donors (Lipinski definition) is 2. The molecule has 0 radical (unpaired) electrons. The molecule has 0 spiro atoms. The maximum absolute atomic E-state index is 12.6. The molecule has 1 aromatic carbocycles. The molecule has 2 atom stereocenters. The maximum atomic E-state index is 12.6. The normalized spacial score (nSPS) is 19.0. The summed E-state index contributed by atoms with van der Waals surface area (Å²) in [5.74, 6) is 0.790. The smallest absolute Gasteiger partial charge is 0.237 e. The number of amides is 1. The van der Waals surface area contributed by atoms with E-state index in [9.17, 15) is 4.79 Å². The van der Waals surface area contributed by atoms with Crippen LogP contribution < -0.4 is 5.32 Å². The molecule has 2 aromatic rings. The number of aliphatic hydroxyl groups excluding tert-OH is 1. The van der Waals surface area contributed by atoms with E-state index in [1.54, 1.807) is 0 Å². The van der Waals surface area contributed by atoms with Gasteiger partial charge in [0.05, 0.1) is 18.7 Å². The zero-order chi connectivity index (χ0) is 17.8. The van der Waals surface area contributed by atoms with Gasteiger partial charge in [-0.25, -0.2) is 0 Å². The van der Waals surface area contributed by atoms with Gasteiger partial charge in [0.2, 0.25) is 5.91 Å². The lowest BCUT2D eigenvalue weighted by atomic mass is 10.1. The van der Waals surface area contributed by atoms with E-state index in [2.05, 4.69) is 15.1 Å². The summed E-state index contributed by atoms with van der Waals surface area (Å²) in [5.41, 5.74) is 0.839. The van der Waals surface area contributed by atoms with E-state index in [1.807, 2.05) is 44.2 Å². The van der Waals surface area contributed by atoms with E-state index in [0.29, 0.717) is 6.54 Å². The summed E-state index contributed by atoms with van der Waals surface area (Å²) >= 11 is 0. The maximum Gasteiger partial charge on any atom is 0.237 e. The Bertz CT molecular complexity index is 674. The van der Waals surface area contributed by atoms with Crippen LogP contribution in [0.4, 0.5) is 0 Å². The molecule has 1 aliphatic heterocycles. The number of rotatable bonds is 6. The Kier molecular flexibility index (Phi) is 5.73. The Hall–Kier alpha value is -1.89. The number of para-hydroxylation sites is 1. The fraction of sp³-hybridized carbons (Fsp3) is 0.526. The first kappa shape index (κ1) is 17.9. The predicted molar refractivity (Wildman–Crippen MR) is 97.3 cm³/mol. The second-order valence-corrected chi connectivity index (χ2v) is 6.69. The second kappa shape index (κ2) is 7.99. The first-order chi connectivity index (χ1) is 12.1. The molecule has 6 nitrogen and oxygen atoms in total. The highest BCUT2D eigenvalue weighted by Gasteiger charge is 2.26. The Morgan fingerprint density at radius 1 is 1.24 bits per heavy atom. The van der Waals surface area contributed by atoms with E-state index < -0.39 is 0 Å². The minimum Gasteiger partial charge on any atom is -0.459 e. The third-order valence-corrected chi connectivity index (χ3v) is 4.98. The third kappa shape index (κ3) is 4.21. The van der Waals surface area contributed by atoms with E-state index in [4.69, 9.17) is 9.52 Å². The van der Waals surface area contributed by atoms with Gasteiger partial charge in [0.15, 0.2) is 0 Å². The summed E-state index contributed by atoms with van der Waals surface area (Å²) < 4.78 is 5.84. The van der Waals surface area contributed by atoms with Crippen LogP contribution in [0.5, 0.6) is 0 Å². The van der Waals surface area contributed by atoms with Crippen LogP contribution in [0.15, 0.2) is 34.7 Å². The number of benzene rings is 1. The van der Waals surface area contributed by atoms with Crippen molar-refractivity contribution in [3.63, 3.8) is 0 Å².